The molecule has 0 fully saturated rings. The topological polar surface area (TPSA) is 74.6 Å². The van der Waals surface area contributed by atoms with Crippen molar-refractivity contribution in [1.82, 2.24) is 0 Å². The van der Waals surface area contributed by atoms with E-state index in [-0.39, 0.29) is 29.6 Å². The van der Waals surface area contributed by atoms with Gasteiger partial charge in [0.25, 0.3) is 0 Å². The third-order valence-corrected chi connectivity index (χ3v) is 0. The molecule has 0 aromatic carbocycles. The number of hydrogen-bond acceptors (Lipinski definition) is 2. The van der Waals surface area contributed by atoms with Crippen LogP contribution >= 0.6 is 0 Å². The van der Waals surface area contributed by atoms with E-state index in [0.29, 0.717) is 0 Å². The van der Waals surface area contributed by atoms with E-state index in [0.717, 1.165) is 0 Å². The maximum Gasteiger partial charge on any atom is 1.00 e. The van der Waals surface area contributed by atoms with Gasteiger partial charge in [-0.15, -0.1) is 0 Å². The minimum atomic E-state index is -4.67. The van der Waals surface area contributed by atoms with Crippen LogP contribution in [0.3, 0.4) is 0 Å². The van der Waals surface area contributed by atoms with Crippen molar-refractivity contribution in [2.75, 3.05) is 0 Å². The molecule has 0 atom stereocenters. The zero-order valence-corrected chi connectivity index (χ0v) is 8.14. The normalized spacial score (nSPS) is 7.89. The molecule has 50 valence electrons. The molecule has 4 nitrogen and oxygen atoms in total. The van der Waals surface area contributed by atoms with E-state index in [1.54, 1.807) is 6.92 Å². The molecular weight excluding hydrogens is 155 g/mol. The van der Waals surface area contributed by atoms with E-state index in [4.69, 9.17) is 17.5 Å². The van der Waals surface area contributed by atoms with Crippen molar-refractivity contribution in [3.8, 4) is 0 Å². The van der Waals surface area contributed by atoms with Gasteiger partial charge in [0.1, 0.15) is 0 Å². The molecule has 0 amide bonds. The van der Waals surface area contributed by atoms with E-state index in [1.807, 2.05) is 0 Å². The molecule has 0 aliphatic carbocycles. The minimum absolute atomic E-state index is 0. The van der Waals surface area contributed by atoms with Gasteiger partial charge in [-0.05, 0) is 0 Å². The van der Waals surface area contributed by atoms with Gasteiger partial charge in [0.15, 0.2) is 0 Å². The summed E-state index contributed by atoms with van der Waals surface area (Å²) in [7, 11) is -4.67. The Morgan fingerprint density at radius 2 is 1.44 bits per heavy atom. The SMILES string of the molecule is C=[C-]C.O=S(=O)(O)O.[Na+]. The molecule has 0 aromatic rings. The van der Waals surface area contributed by atoms with Crippen LogP contribution in [-0.4, -0.2) is 17.5 Å². The Hall–Kier alpha value is 0.610. The minimum Gasteiger partial charge on any atom is -0.507 e. The molecular formula is C3H7NaO4S. The fourth-order valence-electron chi connectivity index (χ4n) is 0. The quantitative estimate of drug-likeness (QED) is 0.232. The van der Waals surface area contributed by atoms with Crippen molar-refractivity contribution < 1.29 is 47.1 Å². The van der Waals surface area contributed by atoms with Crippen LogP contribution in [0.15, 0.2) is 6.58 Å². The molecule has 0 rings (SSSR count). The van der Waals surface area contributed by atoms with Crippen LogP contribution < -0.4 is 29.6 Å². The Morgan fingerprint density at radius 1 is 1.44 bits per heavy atom. The maximum atomic E-state index is 8.74. The largest absolute Gasteiger partial charge is 1.00 e. The molecule has 9 heavy (non-hydrogen) atoms. The summed E-state index contributed by atoms with van der Waals surface area (Å²) in [4.78, 5) is 0. The van der Waals surface area contributed by atoms with Crippen LogP contribution in [0, 0.1) is 6.08 Å². The van der Waals surface area contributed by atoms with Gasteiger partial charge in [-0.2, -0.15) is 15.3 Å². The van der Waals surface area contributed by atoms with Crippen LogP contribution in [-0.2, 0) is 10.4 Å². The average Bonchev–Trinajstić information content (AvgIpc) is 1.27. The van der Waals surface area contributed by atoms with Crippen LogP contribution in [0.2, 0.25) is 0 Å². The standard InChI is InChI=1S/C3H5.Na.H2O4S/c1-3-2;;1-5(2,3)4/h1H2,2H3;;(H2,1,2,3,4)/q-1;+1;. The van der Waals surface area contributed by atoms with Crippen molar-refractivity contribution in [2.24, 2.45) is 0 Å². The Balaban J connectivity index is -0.0000000800. The van der Waals surface area contributed by atoms with Crippen LogP contribution in [0.25, 0.3) is 0 Å². The monoisotopic (exact) mass is 162 g/mol. The number of hydrogen-bond donors (Lipinski definition) is 2. The smallest absolute Gasteiger partial charge is 0.507 e. The van der Waals surface area contributed by atoms with Crippen molar-refractivity contribution in [3.05, 3.63) is 12.7 Å². The zero-order valence-electron chi connectivity index (χ0n) is 5.33. The Morgan fingerprint density at radius 3 is 1.44 bits per heavy atom. The molecule has 0 saturated heterocycles. The van der Waals surface area contributed by atoms with Crippen molar-refractivity contribution in [2.45, 2.75) is 6.92 Å². The predicted octanol–water partition coefficient (Wildman–Crippen LogP) is -2.65. The maximum absolute atomic E-state index is 8.74. The van der Waals surface area contributed by atoms with Gasteiger partial charge in [0, 0.05) is 0 Å². The molecule has 2 N–H and O–H groups in total. The van der Waals surface area contributed by atoms with Crippen LogP contribution in [0.5, 0.6) is 0 Å². The Kier molecular flexibility index (Phi) is 15.6. The van der Waals surface area contributed by atoms with Gasteiger partial charge in [0.05, 0.1) is 0 Å². The predicted molar refractivity (Wildman–Crippen MR) is 28.7 cm³/mol. The number of allylic oxidation sites excluding steroid dienone is 1. The second kappa shape index (κ2) is 8.61. The van der Waals surface area contributed by atoms with Gasteiger partial charge in [-0.3, -0.25) is 15.7 Å². The molecule has 0 aromatic heterocycles. The summed E-state index contributed by atoms with van der Waals surface area (Å²) in [5, 5.41) is 0. The van der Waals surface area contributed by atoms with E-state index in [9.17, 15) is 0 Å². The summed E-state index contributed by atoms with van der Waals surface area (Å²) in [6.07, 6.45) is 2.50. The van der Waals surface area contributed by atoms with Crippen LogP contribution in [0.1, 0.15) is 6.92 Å². The van der Waals surface area contributed by atoms with Crippen LogP contribution in [0.4, 0.5) is 0 Å². The van der Waals surface area contributed by atoms with E-state index in [2.05, 4.69) is 12.7 Å². The molecule has 0 aliphatic heterocycles. The fraction of sp³-hybridized carbons (Fsp3) is 0.333. The van der Waals surface area contributed by atoms with E-state index in [1.165, 1.54) is 0 Å². The van der Waals surface area contributed by atoms with Crippen molar-refractivity contribution in [3.63, 3.8) is 0 Å². The van der Waals surface area contributed by atoms with Gasteiger partial charge in [-0.25, -0.2) is 0 Å². The van der Waals surface area contributed by atoms with Gasteiger partial charge in [0.2, 0.25) is 0 Å². The summed E-state index contributed by atoms with van der Waals surface area (Å²) in [5.74, 6) is 0. The Labute approximate surface area is 76.8 Å². The first kappa shape index (κ1) is 16.3. The summed E-state index contributed by atoms with van der Waals surface area (Å²) >= 11 is 0. The zero-order chi connectivity index (χ0) is 7.21. The molecule has 0 saturated carbocycles. The van der Waals surface area contributed by atoms with Crippen molar-refractivity contribution >= 4 is 10.4 Å². The first-order valence-electron chi connectivity index (χ1n) is 1.55. The summed E-state index contributed by atoms with van der Waals surface area (Å²) in [6.45, 7) is 5.00. The molecule has 0 aliphatic rings. The van der Waals surface area contributed by atoms with Gasteiger partial charge >= 0.3 is 40.0 Å². The fourth-order valence-corrected chi connectivity index (χ4v) is 0. The summed E-state index contributed by atoms with van der Waals surface area (Å²) in [6, 6.07) is 0. The summed E-state index contributed by atoms with van der Waals surface area (Å²) < 4.78 is 31.6. The van der Waals surface area contributed by atoms with E-state index >= 15 is 0 Å². The molecule has 0 heterocycles. The first-order chi connectivity index (χ1) is 3.41. The van der Waals surface area contributed by atoms with E-state index < -0.39 is 10.4 Å². The second-order valence-corrected chi connectivity index (χ2v) is 1.70. The third-order valence-electron chi connectivity index (χ3n) is 0. The molecule has 0 spiro atoms. The molecule has 0 unspecified atom stereocenters. The van der Waals surface area contributed by atoms with Gasteiger partial charge < -0.3 is 6.08 Å². The Bertz CT molecular complexity index is 130. The van der Waals surface area contributed by atoms with Crippen molar-refractivity contribution in [1.29, 1.82) is 0 Å². The molecule has 6 heteroatoms. The molecule has 0 radical (unpaired) electrons. The summed E-state index contributed by atoms with van der Waals surface area (Å²) in [5.41, 5.74) is 0. The second-order valence-electron chi connectivity index (χ2n) is 0.801. The number of rotatable bonds is 0. The van der Waals surface area contributed by atoms with Gasteiger partial charge in [-0.1, -0.05) is 0 Å². The average molecular weight is 162 g/mol. The molecule has 0 bridgehead atoms. The first-order valence-corrected chi connectivity index (χ1v) is 2.95. The third kappa shape index (κ3) is 1010.